The minimum Gasteiger partial charge on any atom is -0.490 e. The van der Waals surface area contributed by atoms with Gasteiger partial charge in [-0.1, -0.05) is 17.9 Å². The molecule has 0 atom stereocenters. The monoisotopic (exact) mass is 283 g/mol. The summed E-state index contributed by atoms with van der Waals surface area (Å²) in [7, 11) is 0. The second-order valence-electron chi connectivity index (χ2n) is 5.18. The molecule has 108 valence electrons. The zero-order valence-electron chi connectivity index (χ0n) is 11.4. The van der Waals surface area contributed by atoms with Gasteiger partial charge in [0.1, 0.15) is 5.41 Å². The van der Waals surface area contributed by atoms with Crippen LogP contribution in [0.2, 0.25) is 0 Å². The topological polar surface area (TPSA) is 21.3 Å². The molecule has 0 saturated heterocycles. The van der Waals surface area contributed by atoms with Crippen molar-refractivity contribution in [2.45, 2.75) is 26.4 Å². The first-order valence-corrected chi connectivity index (χ1v) is 6.41. The van der Waals surface area contributed by atoms with Gasteiger partial charge in [-0.3, -0.25) is 0 Å². The van der Waals surface area contributed by atoms with E-state index >= 15 is 0 Å². The summed E-state index contributed by atoms with van der Waals surface area (Å²) in [5.41, 5.74) is -0.790. The lowest BCUT2D eigenvalue weighted by molar-refractivity contribution is -0.190. The van der Waals surface area contributed by atoms with Gasteiger partial charge in [0.25, 0.3) is 0 Å². The summed E-state index contributed by atoms with van der Waals surface area (Å²) in [6.45, 7) is 3.45. The summed E-state index contributed by atoms with van der Waals surface area (Å²) in [6, 6.07) is 5.26. The Hall–Kier alpha value is -1.83. The van der Waals surface area contributed by atoms with Crippen LogP contribution in [0.5, 0.6) is 5.75 Å². The van der Waals surface area contributed by atoms with Crippen molar-refractivity contribution < 1.29 is 17.9 Å². The van der Waals surface area contributed by atoms with Gasteiger partial charge in [-0.15, -0.1) is 0 Å². The Balaban J connectivity index is 2.37. The fourth-order valence-corrected chi connectivity index (χ4v) is 1.69. The number of para-hydroxylation sites is 1. The summed E-state index contributed by atoms with van der Waals surface area (Å²) in [4.78, 5) is 0. The second-order valence-corrected chi connectivity index (χ2v) is 5.18. The lowest BCUT2D eigenvalue weighted by Gasteiger charge is -2.21. The first-order chi connectivity index (χ1) is 9.31. The maximum absolute atomic E-state index is 12.8. The Labute approximate surface area is 116 Å². The Bertz CT molecular complexity index is 552. The van der Waals surface area contributed by atoms with Crippen molar-refractivity contribution in [2.75, 3.05) is 18.5 Å². The largest absolute Gasteiger partial charge is 0.490 e. The Kier molecular flexibility index (Phi) is 3.85. The van der Waals surface area contributed by atoms with E-state index in [1.807, 2.05) is 6.07 Å². The van der Waals surface area contributed by atoms with E-state index in [0.717, 1.165) is 32.5 Å². The summed E-state index contributed by atoms with van der Waals surface area (Å²) >= 11 is 0. The van der Waals surface area contributed by atoms with Gasteiger partial charge >= 0.3 is 6.18 Å². The average molecular weight is 283 g/mol. The van der Waals surface area contributed by atoms with Gasteiger partial charge in [0.05, 0.1) is 17.9 Å². The van der Waals surface area contributed by atoms with E-state index in [0.29, 0.717) is 17.9 Å². The van der Waals surface area contributed by atoms with Crippen LogP contribution in [0.25, 0.3) is 0 Å². The van der Waals surface area contributed by atoms with Gasteiger partial charge in [-0.2, -0.15) is 13.2 Å². The van der Waals surface area contributed by atoms with Gasteiger partial charge in [0, 0.05) is 6.54 Å². The minimum absolute atomic E-state index is 0.481. The van der Waals surface area contributed by atoms with Crippen LogP contribution < -0.4 is 10.1 Å². The molecule has 2 nitrogen and oxygen atoms in total. The number of nitrogens with one attached hydrogen (secondary N) is 1. The molecule has 0 aromatic heterocycles. The molecule has 1 aliphatic heterocycles. The average Bonchev–Trinajstić information content (AvgIpc) is 2.60. The molecule has 0 aliphatic carbocycles. The van der Waals surface area contributed by atoms with Gasteiger partial charge in [-0.05, 0) is 32.4 Å². The fourth-order valence-electron chi connectivity index (χ4n) is 1.69. The molecule has 20 heavy (non-hydrogen) atoms. The van der Waals surface area contributed by atoms with Crippen LogP contribution in [0.1, 0.15) is 25.8 Å². The molecule has 0 spiro atoms. The predicted octanol–water partition coefficient (Wildman–Crippen LogP) is 3.82. The third-order valence-corrected chi connectivity index (χ3v) is 3.12. The quantitative estimate of drug-likeness (QED) is 0.731. The van der Waals surface area contributed by atoms with Crippen LogP contribution in [0.3, 0.4) is 0 Å². The van der Waals surface area contributed by atoms with E-state index < -0.39 is 11.6 Å². The summed E-state index contributed by atoms with van der Waals surface area (Å²) < 4.78 is 44.0. The highest BCUT2D eigenvalue weighted by atomic mass is 19.4. The Morgan fingerprint density at radius 3 is 2.70 bits per heavy atom. The number of ether oxygens (including phenoxy) is 1. The van der Waals surface area contributed by atoms with Gasteiger partial charge in [0.2, 0.25) is 0 Å². The molecule has 5 heteroatoms. The maximum atomic E-state index is 12.8. The molecule has 0 fully saturated rings. The summed E-state index contributed by atoms with van der Waals surface area (Å²) in [5, 5.41) is 3.18. The van der Waals surface area contributed by atoms with Gasteiger partial charge < -0.3 is 10.1 Å². The van der Waals surface area contributed by atoms with Gasteiger partial charge in [0.15, 0.2) is 5.75 Å². The van der Waals surface area contributed by atoms with Crippen LogP contribution in [0.15, 0.2) is 18.2 Å². The van der Waals surface area contributed by atoms with Gasteiger partial charge in [-0.25, -0.2) is 0 Å². The van der Waals surface area contributed by atoms with E-state index in [4.69, 9.17) is 4.74 Å². The molecule has 1 N–H and O–H groups in total. The zero-order valence-corrected chi connectivity index (χ0v) is 11.4. The normalized spacial score (nSPS) is 15.1. The van der Waals surface area contributed by atoms with E-state index in [2.05, 4.69) is 17.2 Å². The van der Waals surface area contributed by atoms with Crippen molar-refractivity contribution in [3.63, 3.8) is 0 Å². The molecule has 1 aromatic rings. The Morgan fingerprint density at radius 1 is 1.25 bits per heavy atom. The van der Waals surface area contributed by atoms with Crippen LogP contribution in [0, 0.1) is 17.3 Å². The van der Waals surface area contributed by atoms with E-state index in [1.54, 1.807) is 12.1 Å². The number of hydrogen-bond acceptors (Lipinski definition) is 2. The van der Waals surface area contributed by atoms with Crippen LogP contribution in [-0.4, -0.2) is 19.3 Å². The predicted molar refractivity (Wildman–Crippen MR) is 71.8 cm³/mol. The number of rotatable bonds is 0. The van der Waals surface area contributed by atoms with Crippen LogP contribution >= 0.6 is 0 Å². The summed E-state index contributed by atoms with van der Waals surface area (Å²) in [5.74, 6) is 5.45. The number of fused-ring (bicyclic) bond motifs is 1. The van der Waals surface area contributed by atoms with Crippen molar-refractivity contribution in [1.29, 1.82) is 0 Å². The SMILES string of the molecule is CC(C)(C#Cc1cccc2c1OCCCN2)C(F)(F)F. The van der Waals surface area contributed by atoms with Crippen LogP contribution in [-0.2, 0) is 0 Å². The van der Waals surface area contributed by atoms with Crippen molar-refractivity contribution in [1.82, 2.24) is 0 Å². The fraction of sp³-hybridized carbons (Fsp3) is 0.467. The number of benzene rings is 1. The molecule has 1 aromatic carbocycles. The minimum atomic E-state index is -4.36. The highest BCUT2D eigenvalue weighted by molar-refractivity contribution is 5.64. The number of alkyl halides is 3. The van der Waals surface area contributed by atoms with E-state index in [9.17, 15) is 13.2 Å². The highest BCUT2D eigenvalue weighted by Crippen LogP contribution is 2.37. The lowest BCUT2D eigenvalue weighted by atomic mass is 9.93. The third kappa shape index (κ3) is 3.01. The van der Waals surface area contributed by atoms with Crippen molar-refractivity contribution >= 4 is 5.69 Å². The molecule has 0 bridgehead atoms. The maximum Gasteiger partial charge on any atom is 0.404 e. The molecular formula is C15H16F3NO. The molecule has 0 amide bonds. The molecule has 0 saturated carbocycles. The van der Waals surface area contributed by atoms with Crippen molar-refractivity contribution in [2.24, 2.45) is 5.41 Å². The first-order valence-electron chi connectivity index (χ1n) is 6.41. The first kappa shape index (κ1) is 14.6. The van der Waals surface area contributed by atoms with E-state index in [1.165, 1.54) is 0 Å². The molecule has 1 aliphatic rings. The zero-order chi connectivity index (χ0) is 14.8. The molecule has 0 unspecified atom stereocenters. The molecule has 0 radical (unpaired) electrons. The highest BCUT2D eigenvalue weighted by Gasteiger charge is 2.46. The van der Waals surface area contributed by atoms with Crippen molar-refractivity contribution in [3.8, 4) is 17.6 Å². The molecular weight excluding hydrogens is 267 g/mol. The molecule has 2 rings (SSSR count). The third-order valence-electron chi connectivity index (χ3n) is 3.12. The standard InChI is InChI=1S/C15H16F3NO/c1-14(2,15(16,17)18)8-7-11-5-3-6-12-13(11)20-10-4-9-19-12/h3,5-6,19H,4,9-10H2,1-2H3. The summed E-state index contributed by atoms with van der Waals surface area (Å²) in [6.07, 6.45) is -3.51. The smallest absolute Gasteiger partial charge is 0.404 e. The van der Waals surface area contributed by atoms with Crippen molar-refractivity contribution in [3.05, 3.63) is 23.8 Å². The second kappa shape index (κ2) is 5.28. The lowest BCUT2D eigenvalue weighted by Crippen LogP contribution is -2.30. The van der Waals surface area contributed by atoms with Crippen LogP contribution in [0.4, 0.5) is 18.9 Å². The molecule has 1 heterocycles. The number of halogens is 3. The Morgan fingerprint density at radius 2 is 2.00 bits per heavy atom. The van der Waals surface area contributed by atoms with E-state index in [-0.39, 0.29) is 0 Å². The number of hydrogen-bond donors (Lipinski definition) is 1. The number of anilines is 1.